The summed E-state index contributed by atoms with van der Waals surface area (Å²) in [6.07, 6.45) is 8.13. The van der Waals surface area contributed by atoms with E-state index in [2.05, 4.69) is 15.6 Å². The van der Waals surface area contributed by atoms with Crippen LogP contribution in [-0.4, -0.2) is 33.0 Å². The summed E-state index contributed by atoms with van der Waals surface area (Å²) in [6.45, 7) is 4.71. The van der Waals surface area contributed by atoms with Gasteiger partial charge in [0.1, 0.15) is 0 Å². The first-order valence-corrected chi connectivity index (χ1v) is 9.11. The fourth-order valence-corrected chi connectivity index (χ4v) is 3.46. The number of ether oxygens (including phenoxy) is 1. The van der Waals surface area contributed by atoms with Crippen LogP contribution in [0.3, 0.4) is 0 Å². The Morgan fingerprint density at radius 2 is 2.08 bits per heavy atom. The third-order valence-corrected chi connectivity index (χ3v) is 4.68. The van der Waals surface area contributed by atoms with Gasteiger partial charge in [0.25, 0.3) is 5.91 Å². The molecule has 0 bridgehead atoms. The molecule has 0 spiro atoms. The highest BCUT2D eigenvalue weighted by Gasteiger charge is 2.29. The van der Waals surface area contributed by atoms with Crippen LogP contribution >= 0.6 is 0 Å². The predicted molar refractivity (Wildman–Crippen MR) is 97.7 cm³/mol. The molecule has 1 atom stereocenters. The van der Waals surface area contributed by atoms with Gasteiger partial charge in [-0.05, 0) is 44.9 Å². The van der Waals surface area contributed by atoms with E-state index in [-0.39, 0.29) is 18.1 Å². The molecule has 5 heteroatoms. The van der Waals surface area contributed by atoms with Crippen LogP contribution in [0.25, 0.3) is 0 Å². The lowest BCUT2D eigenvalue weighted by atomic mass is 10.1. The summed E-state index contributed by atoms with van der Waals surface area (Å²) in [5, 5.41) is 0. The molecule has 0 saturated carbocycles. The van der Waals surface area contributed by atoms with Crippen molar-refractivity contribution >= 4 is 5.91 Å². The standard InChI is InChI=1S/C20H27N3O2/c1-15(2)25-19-11-10-16(14-21-19)20(24)23-13-6-4-5-8-18(23)17-9-7-12-22(17)3/h7,9-12,14-15,18H,4-6,8,13H2,1-3H3. The maximum atomic E-state index is 13.1. The van der Waals surface area contributed by atoms with Gasteiger partial charge < -0.3 is 14.2 Å². The average molecular weight is 341 g/mol. The number of carbonyl (C=O) groups excluding carboxylic acids is 1. The second-order valence-electron chi connectivity index (χ2n) is 6.96. The lowest BCUT2D eigenvalue weighted by Crippen LogP contribution is -2.35. The van der Waals surface area contributed by atoms with Crippen LogP contribution in [0, 0.1) is 0 Å². The molecule has 3 rings (SSSR count). The smallest absolute Gasteiger partial charge is 0.255 e. The number of hydrogen-bond donors (Lipinski definition) is 0. The number of pyridine rings is 1. The van der Waals surface area contributed by atoms with E-state index in [9.17, 15) is 4.79 Å². The van der Waals surface area contributed by atoms with E-state index in [4.69, 9.17) is 4.74 Å². The molecule has 2 aromatic rings. The normalized spacial score (nSPS) is 18.2. The van der Waals surface area contributed by atoms with Crippen molar-refractivity contribution in [3.8, 4) is 5.88 Å². The third-order valence-electron chi connectivity index (χ3n) is 4.68. The molecule has 0 N–H and O–H groups in total. The lowest BCUT2D eigenvalue weighted by molar-refractivity contribution is 0.0674. The Hall–Kier alpha value is -2.30. The molecule has 25 heavy (non-hydrogen) atoms. The van der Waals surface area contributed by atoms with Crippen LogP contribution in [0.1, 0.15) is 61.6 Å². The molecule has 1 fully saturated rings. The van der Waals surface area contributed by atoms with Crippen molar-refractivity contribution in [2.24, 2.45) is 7.05 Å². The number of likely N-dealkylation sites (tertiary alicyclic amines) is 1. The SMILES string of the molecule is CC(C)Oc1ccc(C(=O)N2CCCCCC2c2cccn2C)cn1. The van der Waals surface area contributed by atoms with Crippen LogP contribution in [0.5, 0.6) is 5.88 Å². The molecule has 1 amide bonds. The topological polar surface area (TPSA) is 47.4 Å². The molecule has 0 aliphatic carbocycles. The lowest BCUT2D eigenvalue weighted by Gasteiger charge is -2.30. The van der Waals surface area contributed by atoms with Gasteiger partial charge in [0.2, 0.25) is 5.88 Å². The molecule has 1 unspecified atom stereocenters. The van der Waals surface area contributed by atoms with Crippen molar-refractivity contribution in [1.82, 2.24) is 14.5 Å². The fraction of sp³-hybridized carbons (Fsp3) is 0.500. The van der Waals surface area contributed by atoms with Crippen LogP contribution in [0.15, 0.2) is 36.7 Å². The Morgan fingerprint density at radius 3 is 2.72 bits per heavy atom. The molecule has 1 saturated heterocycles. The molecular weight excluding hydrogens is 314 g/mol. The zero-order chi connectivity index (χ0) is 17.8. The second-order valence-corrected chi connectivity index (χ2v) is 6.96. The van der Waals surface area contributed by atoms with Gasteiger partial charge in [-0.3, -0.25) is 4.79 Å². The molecule has 5 nitrogen and oxygen atoms in total. The number of hydrogen-bond acceptors (Lipinski definition) is 3. The van der Waals surface area contributed by atoms with E-state index in [1.54, 1.807) is 12.3 Å². The summed E-state index contributed by atoms with van der Waals surface area (Å²) in [7, 11) is 2.04. The first-order chi connectivity index (χ1) is 12.1. The number of aromatic nitrogens is 2. The van der Waals surface area contributed by atoms with Gasteiger partial charge in [0, 0.05) is 37.7 Å². The molecule has 134 valence electrons. The fourth-order valence-electron chi connectivity index (χ4n) is 3.46. The number of nitrogens with zero attached hydrogens (tertiary/aromatic N) is 3. The predicted octanol–water partition coefficient (Wildman–Crippen LogP) is 3.96. The molecule has 0 aromatic carbocycles. The largest absolute Gasteiger partial charge is 0.475 e. The minimum atomic E-state index is 0.0525. The summed E-state index contributed by atoms with van der Waals surface area (Å²) in [6, 6.07) is 7.89. The Kier molecular flexibility index (Phi) is 5.41. The van der Waals surface area contributed by atoms with E-state index < -0.39 is 0 Å². The van der Waals surface area contributed by atoms with Gasteiger partial charge in [0.15, 0.2) is 0 Å². The Balaban J connectivity index is 1.83. The van der Waals surface area contributed by atoms with Crippen molar-refractivity contribution in [2.75, 3.05) is 6.54 Å². The number of amides is 1. The minimum Gasteiger partial charge on any atom is -0.475 e. The molecule has 0 radical (unpaired) electrons. The Bertz CT molecular complexity index is 706. The van der Waals surface area contributed by atoms with E-state index >= 15 is 0 Å². The molecule has 3 heterocycles. The quantitative estimate of drug-likeness (QED) is 0.845. The maximum absolute atomic E-state index is 13.1. The Morgan fingerprint density at radius 1 is 1.24 bits per heavy atom. The highest BCUT2D eigenvalue weighted by Crippen LogP contribution is 2.31. The van der Waals surface area contributed by atoms with Gasteiger partial charge in [0.05, 0.1) is 17.7 Å². The first kappa shape index (κ1) is 17.5. The summed E-state index contributed by atoms with van der Waals surface area (Å²) >= 11 is 0. The highest BCUT2D eigenvalue weighted by molar-refractivity contribution is 5.94. The van der Waals surface area contributed by atoms with Gasteiger partial charge >= 0.3 is 0 Å². The summed E-state index contributed by atoms with van der Waals surface area (Å²) in [4.78, 5) is 19.4. The van der Waals surface area contributed by atoms with E-state index in [1.807, 2.05) is 44.1 Å². The minimum absolute atomic E-state index is 0.0525. The van der Waals surface area contributed by atoms with Crippen LogP contribution in [-0.2, 0) is 7.05 Å². The number of carbonyl (C=O) groups is 1. The summed E-state index contributed by atoms with van der Waals surface area (Å²) < 4.78 is 7.69. The molecule has 2 aromatic heterocycles. The Labute approximate surface area is 149 Å². The summed E-state index contributed by atoms with van der Waals surface area (Å²) in [5.41, 5.74) is 1.82. The van der Waals surface area contributed by atoms with Gasteiger partial charge in [-0.2, -0.15) is 0 Å². The molecule has 1 aliphatic rings. The highest BCUT2D eigenvalue weighted by atomic mass is 16.5. The van der Waals surface area contributed by atoms with Crippen molar-refractivity contribution in [3.63, 3.8) is 0 Å². The second kappa shape index (κ2) is 7.72. The van der Waals surface area contributed by atoms with E-state index in [0.29, 0.717) is 11.4 Å². The van der Waals surface area contributed by atoms with Crippen molar-refractivity contribution < 1.29 is 9.53 Å². The zero-order valence-corrected chi connectivity index (χ0v) is 15.3. The van der Waals surface area contributed by atoms with E-state index in [1.165, 1.54) is 12.1 Å². The average Bonchev–Trinajstić information content (AvgIpc) is 2.87. The number of rotatable bonds is 4. The zero-order valence-electron chi connectivity index (χ0n) is 15.3. The maximum Gasteiger partial charge on any atom is 0.255 e. The van der Waals surface area contributed by atoms with Crippen LogP contribution in [0.4, 0.5) is 0 Å². The van der Waals surface area contributed by atoms with Crippen molar-refractivity contribution in [2.45, 2.75) is 51.7 Å². The first-order valence-electron chi connectivity index (χ1n) is 9.11. The van der Waals surface area contributed by atoms with Crippen molar-refractivity contribution in [3.05, 3.63) is 47.9 Å². The van der Waals surface area contributed by atoms with Gasteiger partial charge in [-0.25, -0.2) is 4.98 Å². The van der Waals surface area contributed by atoms with E-state index in [0.717, 1.165) is 25.8 Å². The molecular formula is C20H27N3O2. The third kappa shape index (κ3) is 4.03. The molecule has 1 aliphatic heterocycles. The van der Waals surface area contributed by atoms with Gasteiger partial charge in [-0.15, -0.1) is 0 Å². The monoisotopic (exact) mass is 341 g/mol. The van der Waals surface area contributed by atoms with Crippen molar-refractivity contribution in [1.29, 1.82) is 0 Å². The van der Waals surface area contributed by atoms with Gasteiger partial charge in [-0.1, -0.05) is 12.8 Å². The number of aryl methyl sites for hydroxylation is 1. The van der Waals surface area contributed by atoms with Crippen LogP contribution in [0.2, 0.25) is 0 Å². The summed E-state index contributed by atoms with van der Waals surface area (Å²) in [5.74, 6) is 0.609. The van der Waals surface area contributed by atoms with Crippen LogP contribution < -0.4 is 4.74 Å².